The Morgan fingerprint density at radius 2 is 2.05 bits per heavy atom. The van der Waals surface area contributed by atoms with Gasteiger partial charge in [0.2, 0.25) is 0 Å². The molecule has 2 nitrogen and oxygen atoms in total. The van der Waals surface area contributed by atoms with Gasteiger partial charge in [-0.25, -0.2) is 0 Å². The highest BCUT2D eigenvalue weighted by atomic mass is 79.9. The molecule has 0 fully saturated rings. The molecule has 0 saturated heterocycles. The Labute approximate surface area is 128 Å². The largest absolute Gasteiger partial charge is 0.398 e. The van der Waals surface area contributed by atoms with E-state index in [1.165, 1.54) is 29.7 Å². The lowest BCUT2D eigenvalue weighted by atomic mass is 9.96. The SMILES string of the molecule is CC1CCc2ccccc2N1Cc1ccc(Br)c(N)c1. The fraction of sp³-hybridized carbons (Fsp3) is 0.294. The lowest BCUT2D eigenvalue weighted by Crippen LogP contribution is -2.36. The van der Waals surface area contributed by atoms with Crippen LogP contribution < -0.4 is 10.6 Å². The molecule has 1 aliphatic rings. The highest BCUT2D eigenvalue weighted by Gasteiger charge is 2.22. The van der Waals surface area contributed by atoms with Gasteiger partial charge in [-0.2, -0.15) is 0 Å². The molecule has 0 bridgehead atoms. The highest BCUT2D eigenvalue weighted by Crippen LogP contribution is 2.32. The van der Waals surface area contributed by atoms with E-state index >= 15 is 0 Å². The van der Waals surface area contributed by atoms with Crippen molar-refractivity contribution in [2.24, 2.45) is 0 Å². The van der Waals surface area contributed by atoms with Crippen molar-refractivity contribution in [1.29, 1.82) is 0 Å². The first-order valence-electron chi connectivity index (χ1n) is 7.03. The first-order valence-corrected chi connectivity index (χ1v) is 7.83. The van der Waals surface area contributed by atoms with Gasteiger partial charge in [-0.3, -0.25) is 0 Å². The van der Waals surface area contributed by atoms with E-state index in [0.717, 1.165) is 16.7 Å². The van der Waals surface area contributed by atoms with Gasteiger partial charge in [0.05, 0.1) is 0 Å². The van der Waals surface area contributed by atoms with Crippen LogP contribution in [0.2, 0.25) is 0 Å². The molecule has 1 atom stereocenters. The number of nitrogen functional groups attached to an aromatic ring is 1. The minimum absolute atomic E-state index is 0.565. The van der Waals surface area contributed by atoms with Crippen molar-refractivity contribution in [1.82, 2.24) is 0 Å². The van der Waals surface area contributed by atoms with E-state index in [1.807, 2.05) is 6.07 Å². The van der Waals surface area contributed by atoms with Crippen LogP contribution in [0.4, 0.5) is 11.4 Å². The van der Waals surface area contributed by atoms with E-state index < -0.39 is 0 Å². The van der Waals surface area contributed by atoms with Gasteiger partial charge in [-0.05, 0) is 65.0 Å². The van der Waals surface area contributed by atoms with Gasteiger partial charge in [0.15, 0.2) is 0 Å². The average molecular weight is 331 g/mol. The zero-order chi connectivity index (χ0) is 14.1. The fourth-order valence-corrected chi connectivity index (χ4v) is 3.14. The molecule has 1 aliphatic heterocycles. The Morgan fingerprint density at radius 3 is 2.85 bits per heavy atom. The Morgan fingerprint density at radius 1 is 1.25 bits per heavy atom. The summed E-state index contributed by atoms with van der Waals surface area (Å²) in [5.74, 6) is 0. The van der Waals surface area contributed by atoms with E-state index in [9.17, 15) is 0 Å². The maximum atomic E-state index is 5.99. The van der Waals surface area contributed by atoms with E-state index in [-0.39, 0.29) is 0 Å². The molecule has 0 aliphatic carbocycles. The third kappa shape index (κ3) is 2.55. The second kappa shape index (κ2) is 5.49. The number of nitrogens with zero attached hydrogens (tertiary/aromatic N) is 1. The maximum Gasteiger partial charge on any atom is 0.0461 e. The number of benzene rings is 2. The summed E-state index contributed by atoms with van der Waals surface area (Å²) in [4.78, 5) is 2.49. The quantitative estimate of drug-likeness (QED) is 0.828. The molecule has 20 heavy (non-hydrogen) atoms. The molecule has 0 aromatic heterocycles. The second-order valence-corrected chi connectivity index (χ2v) is 6.35. The Balaban J connectivity index is 1.91. The Kier molecular flexibility index (Phi) is 3.70. The van der Waals surface area contributed by atoms with Crippen molar-refractivity contribution in [3.05, 3.63) is 58.1 Å². The molecule has 3 rings (SSSR count). The van der Waals surface area contributed by atoms with E-state index in [4.69, 9.17) is 5.73 Å². The second-order valence-electron chi connectivity index (χ2n) is 5.50. The normalized spacial score (nSPS) is 17.9. The summed E-state index contributed by atoms with van der Waals surface area (Å²) in [5, 5.41) is 0. The van der Waals surface area contributed by atoms with Crippen LogP contribution in [-0.2, 0) is 13.0 Å². The number of nitrogens with two attached hydrogens (primary N) is 1. The van der Waals surface area contributed by atoms with E-state index in [0.29, 0.717) is 6.04 Å². The van der Waals surface area contributed by atoms with Crippen molar-refractivity contribution < 1.29 is 0 Å². The molecular formula is C17H19BrN2. The number of hydrogen-bond acceptors (Lipinski definition) is 2. The Bertz CT molecular complexity index is 624. The van der Waals surface area contributed by atoms with Crippen LogP contribution in [-0.4, -0.2) is 6.04 Å². The summed E-state index contributed by atoms with van der Waals surface area (Å²) in [5.41, 5.74) is 10.9. The highest BCUT2D eigenvalue weighted by molar-refractivity contribution is 9.10. The lowest BCUT2D eigenvalue weighted by Gasteiger charge is -2.37. The molecule has 1 unspecified atom stereocenters. The molecule has 1 heterocycles. The number of aryl methyl sites for hydroxylation is 1. The van der Waals surface area contributed by atoms with Gasteiger partial charge >= 0.3 is 0 Å². The zero-order valence-corrected chi connectivity index (χ0v) is 13.2. The summed E-state index contributed by atoms with van der Waals surface area (Å²) in [6, 6.07) is 15.5. The molecule has 0 radical (unpaired) electrons. The minimum Gasteiger partial charge on any atom is -0.398 e. The maximum absolute atomic E-state index is 5.99. The van der Waals surface area contributed by atoms with Crippen molar-refractivity contribution in [3.8, 4) is 0 Å². The summed E-state index contributed by atoms with van der Waals surface area (Å²) >= 11 is 3.45. The van der Waals surface area contributed by atoms with Gasteiger partial charge in [-0.15, -0.1) is 0 Å². The predicted molar refractivity (Wildman–Crippen MR) is 89.0 cm³/mol. The van der Waals surface area contributed by atoms with Gasteiger partial charge in [0.25, 0.3) is 0 Å². The third-order valence-corrected chi connectivity index (χ3v) is 4.80. The van der Waals surface area contributed by atoms with E-state index in [2.05, 4.69) is 64.2 Å². The number of para-hydroxylation sites is 1. The minimum atomic E-state index is 0.565. The molecule has 104 valence electrons. The number of hydrogen-bond donors (Lipinski definition) is 1. The summed E-state index contributed by atoms with van der Waals surface area (Å²) in [6.45, 7) is 3.22. The molecular weight excluding hydrogens is 312 g/mol. The first kappa shape index (κ1) is 13.5. The summed E-state index contributed by atoms with van der Waals surface area (Å²) in [7, 11) is 0. The third-order valence-electron chi connectivity index (χ3n) is 4.08. The standard InChI is InChI=1S/C17H19BrN2/c1-12-6-8-14-4-2-3-5-17(14)20(12)11-13-7-9-15(18)16(19)10-13/h2-5,7,9-10,12H,6,8,11,19H2,1H3. The molecule has 2 aromatic carbocycles. The summed E-state index contributed by atoms with van der Waals surface area (Å²) in [6.07, 6.45) is 2.39. The van der Waals surface area contributed by atoms with Crippen LogP contribution in [0.15, 0.2) is 46.9 Å². The van der Waals surface area contributed by atoms with Crippen molar-refractivity contribution in [3.63, 3.8) is 0 Å². The topological polar surface area (TPSA) is 29.3 Å². The molecule has 0 saturated carbocycles. The fourth-order valence-electron chi connectivity index (χ4n) is 2.89. The smallest absolute Gasteiger partial charge is 0.0461 e. The molecule has 2 N–H and O–H groups in total. The van der Waals surface area contributed by atoms with Crippen LogP contribution >= 0.6 is 15.9 Å². The molecule has 0 spiro atoms. The number of rotatable bonds is 2. The number of halogens is 1. The van der Waals surface area contributed by atoms with Crippen molar-refractivity contribution >= 4 is 27.3 Å². The number of anilines is 2. The van der Waals surface area contributed by atoms with Crippen molar-refractivity contribution in [2.75, 3.05) is 10.6 Å². The van der Waals surface area contributed by atoms with E-state index in [1.54, 1.807) is 0 Å². The van der Waals surface area contributed by atoms with Crippen LogP contribution in [0.3, 0.4) is 0 Å². The van der Waals surface area contributed by atoms with Crippen LogP contribution in [0.5, 0.6) is 0 Å². The van der Waals surface area contributed by atoms with Gasteiger partial charge in [-0.1, -0.05) is 24.3 Å². The molecule has 2 aromatic rings. The van der Waals surface area contributed by atoms with Crippen LogP contribution in [0.25, 0.3) is 0 Å². The summed E-state index contributed by atoms with van der Waals surface area (Å²) < 4.78 is 0.966. The monoisotopic (exact) mass is 330 g/mol. The van der Waals surface area contributed by atoms with Crippen molar-refractivity contribution in [2.45, 2.75) is 32.4 Å². The lowest BCUT2D eigenvalue weighted by molar-refractivity contribution is 0.560. The van der Waals surface area contributed by atoms with Crippen LogP contribution in [0.1, 0.15) is 24.5 Å². The number of fused-ring (bicyclic) bond motifs is 1. The van der Waals surface area contributed by atoms with Gasteiger partial charge in [0, 0.05) is 28.4 Å². The van der Waals surface area contributed by atoms with Crippen LogP contribution in [0, 0.1) is 0 Å². The predicted octanol–water partition coefficient (Wildman–Crippen LogP) is 4.37. The average Bonchev–Trinajstić information content (AvgIpc) is 2.46. The Hall–Kier alpha value is -1.48. The van der Waals surface area contributed by atoms with Gasteiger partial charge in [0.1, 0.15) is 0 Å². The zero-order valence-electron chi connectivity index (χ0n) is 11.6. The molecule has 0 amide bonds. The molecule has 3 heteroatoms. The van der Waals surface area contributed by atoms with Gasteiger partial charge < -0.3 is 10.6 Å². The first-order chi connectivity index (χ1) is 9.65.